The fraction of sp³-hybridized carbons (Fsp3) is 0.857. The molecule has 1 saturated heterocycles. The van der Waals surface area contributed by atoms with Crippen LogP contribution in [0.3, 0.4) is 0 Å². The van der Waals surface area contributed by atoms with Gasteiger partial charge in [-0.1, -0.05) is 0 Å². The van der Waals surface area contributed by atoms with Crippen LogP contribution in [0.5, 0.6) is 0 Å². The van der Waals surface area contributed by atoms with Crippen molar-refractivity contribution in [3.05, 3.63) is 0 Å². The van der Waals surface area contributed by atoms with Crippen LogP contribution in [0.4, 0.5) is 0 Å². The highest BCUT2D eigenvalue weighted by Gasteiger charge is 2.25. The zero-order valence-corrected chi connectivity index (χ0v) is 7.36. The summed E-state index contributed by atoms with van der Waals surface area (Å²) >= 11 is 1.76. The van der Waals surface area contributed by atoms with Crippen molar-refractivity contribution in [2.45, 2.75) is 24.1 Å². The number of thioether (sulfide) groups is 1. The fourth-order valence-corrected chi connectivity index (χ4v) is 2.02. The second kappa shape index (κ2) is 3.97. The summed E-state index contributed by atoms with van der Waals surface area (Å²) in [6.45, 7) is 0.836. The molecule has 0 bridgehead atoms. The highest BCUT2D eigenvalue weighted by molar-refractivity contribution is 7.99. The Morgan fingerprint density at radius 3 is 3.00 bits per heavy atom. The van der Waals surface area contributed by atoms with E-state index in [2.05, 4.69) is 5.32 Å². The van der Waals surface area contributed by atoms with Gasteiger partial charge < -0.3 is 10.4 Å². The number of carboxylic acid groups (broad SMARTS) is 1. The molecule has 11 heavy (non-hydrogen) atoms. The number of aliphatic carboxylic acids is 1. The van der Waals surface area contributed by atoms with E-state index in [0.29, 0.717) is 5.25 Å². The standard InChI is InChI=1S/C7H13NO2S/c1-11-5-2-3-8-6(4-5)7(9)10/h5-6,8H,2-4H2,1H3,(H,9,10)/t5-,6-/m0/s1. The molecule has 1 rings (SSSR count). The summed E-state index contributed by atoms with van der Waals surface area (Å²) in [7, 11) is 0. The molecule has 2 N–H and O–H groups in total. The third kappa shape index (κ3) is 2.38. The van der Waals surface area contributed by atoms with Crippen LogP contribution in [-0.4, -0.2) is 35.2 Å². The van der Waals surface area contributed by atoms with Crippen LogP contribution < -0.4 is 5.32 Å². The monoisotopic (exact) mass is 175 g/mol. The molecule has 1 fully saturated rings. The maximum Gasteiger partial charge on any atom is 0.320 e. The maximum atomic E-state index is 10.5. The van der Waals surface area contributed by atoms with Crippen LogP contribution >= 0.6 is 11.8 Å². The lowest BCUT2D eigenvalue weighted by atomic mass is 10.1. The molecule has 0 aliphatic carbocycles. The first-order valence-electron chi connectivity index (χ1n) is 3.73. The number of carboxylic acids is 1. The van der Waals surface area contributed by atoms with Crippen molar-refractivity contribution >= 4 is 17.7 Å². The Hall–Kier alpha value is -0.220. The molecule has 1 aliphatic heterocycles. The van der Waals surface area contributed by atoms with Crippen molar-refractivity contribution in [1.82, 2.24) is 5.32 Å². The fourth-order valence-electron chi connectivity index (χ4n) is 1.28. The van der Waals surface area contributed by atoms with E-state index in [1.165, 1.54) is 0 Å². The van der Waals surface area contributed by atoms with Crippen molar-refractivity contribution < 1.29 is 9.90 Å². The molecule has 0 aromatic heterocycles. The lowest BCUT2D eigenvalue weighted by Crippen LogP contribution is -2.44. The number of piperidine rings is 1. The molecule has 4 heteroatoms. The van der Waals surface area contributed by atoms with E-state index >= 15 is 0 Å². The minimum Gasteiger partial charge on any atom is -0.480 e. The number of carbonyl (C=O) groups is 1. The predicted molar refractivity (Wildman–Crippen MR) is 46.0 cm³/mol. The Kier molecular flexibility index (Phi) is 3.20. The first-order valence-corrected chi connectivity index (χ1v) is 5.02. The summed E-state index contributed by atoms with van der Waals surface area (Å²) in [5.74, 6) is -0.719. The topological polar surface area (TPSA) is 49.3 Å². The zero-order valence-electron chi connectivity index (χ0n) is 6.54. The molecule has 0 unspecified atom stereocenters. The van der Waals surface area contributed by atoms with Crippen molar-refractivity contribution in [3.8, 4) is 0 Å². The van der Waals surface area contributed by atoms with Crippen molar-refractivity contribution in [2.75, 3.05) is 12.8 Å². The summed E-state index contributed by atoms with van der Waals surface area (Å²) in [6.07, 6.45) is 3.89. The average molecular weight is 175 g/mol. The van der Waals surface area contributed by atoms with Gasteiger partial charge >= 0.3 is 5.97 Å². The van der Waals surface area contributed by atoms with E-state index in [1.807, 2.05) is 6.26 Å². The quantitative estimate of drug-likeness (QED) is 0.643. The van der Waals surface area contributed by atoms with Gasteiger partial charge in [0.1, 0.15) is 6.04 Å². The van der Waals surface area contributed by atoms with Crippen LogP contribution in [0, 0.1) is 0 Å². The number of rotatable bonds is 2. The summed E-state index contributed by atoms with van der Waals surface area (Å²) in [5.41, 5.74) is 0. The summed E-state index contributed by atoms with van der Waals surface area (Å²) in [6, 6.07) is -0.318. The van der Waals surface area contributed by atoms with Crippen LogP contribution in [0.1, 0.15) is 12.8 Å². The molecule has 0 radical (unpaired) electrons. The molecule has 0 amide bonds. The van der Waals surface area contributed by atoms with E-state index in [-0.39, 0.29) is 6.04 Å². The Morgan fingerprint density at radius 1 is 1.73 bits per heavy atom. The third-order valence-electron chi connectivity index (χ3n) is 1.99. The first-order chi connectivity index (χ1) is 5.24. The van der Waals surface area contributed by atoms with Gasteiger partial charge in [-0.05, 0) is 25.6 Å². The summed E-state index contributed by atoms with van der Waals surface area (Å²) in [4.78, 5) is 10.5. The molecule has 0 aromatic rings. The molecule has 2 atom stereocenters. The van der Waals surface area contributed by atoms with Gasteiger partial charge in [-0.3, -0.25) is 4.79 Å². The number of hydrogen-bond donors (Lipinski definition) is 2. The van der Waals surface area contributed by atoms with E-state index in [1.54, 1.807) is 11.8 Å². The normalized spacial score (nSPS) is 31.7. The Balaban J connectivity index is 2.39. The van der Waals surface area contributed by atoms with Gasteiger partial charge in [-0.2, -0.15) is 11.8 Å². The molecule has 0 aromatic carbocycles. The minimum atomic E-state index is -0.719. The van der Waals surface area contributed by atoms with E-state index < -0.39 is 5.97 Å². The SMILES string of the molecule is CS[C@H]1CCN[C@H](C(=O)O)C1. The lowest BCUT2D eigenvalue weighted by Gasteiger charge is -2.26. The van der Waals surface area contributed by atoms with Crippen molar-refractivity contribution in [1.29, 1.82) is 0 Å². The van der Waals surface area contributed by atoms with Gasteiger partial charge in [-0.25, -0.2) is 0 Å². The highest BCUT2D eigenvalue weighted by Crippen LogP contribution is 2.20. The van der Waals surface area contributed by atoms with Gasteiger partial charge in [-0.15, -0.1) is 0 Å². The van der Waals surface area contributed by atoms with Crippen LogP contribution in [0.2, 0.25) is 0 Å². The molecular weight excluding hydrogens is 162 g/mol. The van der Waals surface area contributed by atoms with Gasteiger partial charge in [0, 0.05) is 5.25 Å². The molecule has 64 valence electrons. The largest absolute Gasteiger partial charge is 0.480 e. The predicted octanol–water partition coefficient (Wildman–Crippen LogP) is 0.555. The summed E-state index contributed by atoms with van der Waals surface area (Å²) < 4.78 is 0. The van der Waals surface area contributed by atoms with E-state index in [9.17, 15) is 4.79 Å². The first kappa shape index (κ1) is 8.87. The van der Waals surface area contributed by atoms with Gasteiger partial charge in [0.15, 0.2) is 0 Å². The summed E-state index contributed by atoms with van der Waals surface area (Å²) in [5, 5.41) is 12.2. The van der Waals surface area contributed by atoms with Gasteiger partial charge in [0.25, 0.3) is 0 Å². The smallest absolute Gasteiger partial charge is 0.320 e. The zero-order chi connectivity index (χ0) is 8.27. The van der Waals surface area contributed by atoms with E-state index in [4.69, 9.17) is 5.11 Å². The molecule has 1 aliphatic rings. The molecule has 0 saturated carbocycles. The molecule has 1 heterocycles. The molecule has 0 spiro atoms. The second-order valence-corrected chi connectivity index (χ2v) is 3.87. The Labute approximate surface area is 70.6 Å². The van der Waals surface area contributed by atoms with Crippen LogP contribution in [0.15, 0.2) is 0 Å². The van der Waals surface area contributed by atoms with Crippen LogP contribution in [-0.2, 0) is 4.79 Å². The highest BCUT2D eigenvalue weighted by atomic mass is 32.2. The minimum absolute atomic E-state index is 0.318. The Morgan fingerprint density at radius 2 is 2.45 bits per heavy atom. The molecule has 3 nitrogen and oxygen atoms in total. The molecular formula is C7H13NO2S. The maximum absolute atomic E-state index is 10.5. The lowest BCUT2D eigenvalue weighted by molar-refractivity contribution is -0.140. The second-order valence-electron chi connectivity index (χ2n) is 2.73. The van der Waals surface area contributed by atoms with Crippen molar-refractivity contribution in [2.24, 2.45) is 0 Å². The van der Waals surface area contributed by atoms with E-state index in [0.717, 1.165) is 19.4 Å². The van der Waals surface area contributed by atoms with Crippen LogP contribution in [0.25, 0.3) is 0 Å². The number of nitrogens with one attached hydrogen (secondary N) is 1. The Bertz CT molecular complexity index is 151. The number of hydrogen-bond acceptors (Lipinski definition) is 3. The van der Waals surface area contributed by atoms with Crippen molar-refractivity contribution in [3.63, 3.8) is 0 Å². The average Bonchev–Trinajstić information content (AvgIpc) is 2.05. The third-order valence-corrected chi connectivity index (χ3v) is 3.08. The van der Waals surface area contributed by atoms with Gasteiger partial charge in [0.2, 0.25) is 0 Å². The van der Waals surface area contributed by atoms with Gasteiger partial charge in [0.05, 0.1) is 0 Å².